The number of hydrogen-bond donors (Lipinski definition) is 1. The van der Waals surface area contributed by atoms with Crippen LogP contribution in [0.15, 0.2) is 48.5 Å². The summed E-state index contributed by atoms with van der Waals surface area (Å²) < 4.78 is 28.8. The summed E-state index contributed by atoms with van der Waals surface area (Å²) in [6.45, 7) is -0.569. The first kappa shape index (κ1) is 16.8. The highest BCUT2D eigenvalue weighted by molar-refractivity contribution is 5.34. The molecule has 0 heterocycles. The summed E-state index contributed by atoms with van der Waals surface area (Å²) >= 11 is 0. The number of nitro groups is 1. The fourth-order valence-electron chi connectivity index (χ4n) is 2.13. The fourth-order valence-corrected chi connectivity index (χ4v) is 2.13. The molecule has 0 aliphatic carbocycles. The molecule has 0 spiro atoms. The number of hydrogen-bond acceptors (Lipinski definition) is 4. The Morgan fingerprint density at radius 2 is 1.96 bits per heavy atom. The van der Waals surface area contributed by atoms with E-state index in [-0.39, 0.29) is 17.5 Å². The number of nitro benzene ring substituents is 1. The molecule has 0 fully saturated rings. The van der Waals surface area contributed by atoms with Crippen LogP contribution in [0.5, 0.6) is 5.75 Å². The second kappa shape index (κ2) is 7.64. The van der Waals surface area contributed by atoms with E-state index >= 15 is 0 Å². The summed E-state index contributed by atoms with van der Waals surface area (Å²) in [5, 5.41) is 13.9. The maximum Gasteiger partial charge on any atom is 0.387 e. The summed E-state index contributed by atoms with van der Waals surface area (Å²) in [6.07, 6.45) is 0. The number of non-ortho nitro benzene ring substituents is 1. The molecular weight excluding hydrogens is 306 g/mol. The molecule has 1 unspecified atom stereocenters. The minimum absolute atomic E-state index is 0.0317. The maximum atomic E-state index is 12.2. The molecule has 7 heteroatoms. The predicted molar refractivity (Wildman–Crippen MR) is 81.4 cm³/mol. The Balaban J connectivity index is 2.00. The van der Waals surface area contributed by atoms with Crippen LogP contribution in [-0.4, -0.2) is 11.5 Å². The van der Waals surface area contributed by atoms with Crippen molar-refractivity contribution in [2.45, 2.75) is 26.1 Å². The van der Waals surface area contributed by atoms with Crippen molar-refractivity contribution in [2.24, 2.45) is 0 Å². The highest BCUT2D eigenvalue weighted by Crippen LogP contribution is 2.21. The first-order valence-electron chi connectivity index (χ1n) is 6.97. The molecule has 0 amide bonds. The Hall–Kier alpha value is -2.54. The van der Waals surface area contributed by atoms with Crippen LogP contribution in [0.3, 0.4) is 0 Å². The third-order valence-corrected chi connectivity index (χ3v) is 3.32. The van der Waals surface area contributed by atoms with Gasteiger partial charge in [-0.05, 0) is 30.2 Å². The zero-order chi connectivity index (χ0) is 16.8. The normalized spacial score (nSPS) is 12.2. The zero-order valence-corrected chi connectivity index (χ0v) is 12.4. The Morgan fingerprint density at radius 3 is 2.65 bits per heavy atom. The third-order valence-electron chi connectivity index (χ3n) is 3.32. The van der Waals surface area contributed by atoms with Gasteiger partial charge in [0.25, 0.3) is 5.69 Å². The first-order chi connectivity index (χ1) is 11.0. The third kappa shape index (κ3) is 5.00. The van der Waals surface area contributed by atoms with Crippen molar-refractivity contribution in [1.29, 1.82) is 0 Å². The number of benzene rings is 2. The largest absolute Gasteiger partial charge is 0.435 e. The van der Waals surface area contributed by atoms with E-state index in [0.717, 1.165) is 11.1 Å². The molecule has 5 nitrogen and oxygen atoms in total. The van der Waals surface area contributed by atoms with E-state index in [2.05, 4.69) is 10.1 Å². The number of alkyl halides is 2. The molecule has 2 rings (SSSR count). The molecule has 1 atom stereocenters. The van der Waals surface area contributed by atoms with Gasteiger partial charge in [0.15, 0.2) is 0 Å². The average molecular weight is 322 g/mol. The van der Waals surface area contributed by atoms with E-state index in [4.69, 9.17) is 0 Å². The van der Waals surface area contributed by atoms with Crippen LogP contribution in [0.2, 0.25) is 0 Å². The number of nitrogens with one attached hydrogen (secondary N) is 1. The monoisotopic (exact) mass is 322 g/mol. The molecular formula is C16H16F2N2O3. The minimum atomic E-state index is -2.86. The van der Waals surface area contributed by atoms with Gasteiger partial charge in [-0.1, -0.05) is 24.3 Å². The van der Waals surface area contributed by atoms with Gasteiger partial charge in [0, 0.05) is 24.7 Å². The van der Waals surface area contributed by atoms with Crippen molar-refractivity contribution in [3.63, 3.8) is 0 Å². The van der Waals surface area contributed by atoms with Crippen LogP contribution in [0, 0.1) is 10.1 Å². The topological polar surface area (TPSA) is 64.4 Å². The van der Waals surface area contributed by atoms with E-state index in [9.17, 15) is 18.9 Å². The van der Waals surface area contributed by atoms with E-state index in [1.807, 2.05) is 6.92 Å². The lowest BCUT2D eigenvalue weighted by molar-refractivity contribution is -0.384. The van der Waals surface area contributed by atoms with Gasteiger partial charge in [0.05, 0.1) is 4.92 Å². The molecule has 1 N–H and O–H groups in total. The van der Waals surface area contributed by atoms with Crippen LogP contribution in [0.1, 0.15) is 24.1 Å². The standard InChI is InChI=1S/C16H16F2N2O3/c1-11(13-5-3-7-15(9-13)23-16(17)18)19-10-12-4-2-6-14(8-12)20(21)22/h2-9,11,16,19H,10H2,1H3. The molecule has 0 aliphatic heterocycles. The van der Waals surface area contributed by atoms with Gasteiger partial charge in [0.1, 0.15) is 5.75 Å². The molecule has 2 aromatic rings. The first-order valence-corrected chi connectivity index (χ1v) is 6.97. The smallest absolute Gasteiger partial charge is 0.387 e. The van der Waals surface area contributed by atoms with Gasteiger partial charge in [-0.15, -0.1) is 0 Å². The van der Waals surface area contributed by atoms with Crippen molar-refractivity contribution < 1.29 is 18.4 Å². The van der Waals surface area contributed by atoms with Crippen LogP contribution in [0.4, 0.5) is 14.5 Å². The average Bonchev–Trinajstić information content (AvgIpc) is 2.52. The van der Waals surface area contributed by atoms with Gasteiger partial charge >= 0.3 is 6.61 Å². The summed E-state index contributed by atoms with van der Waals surface area (Å²) in [7, 11) is 0. The van der Waals surface area contributed by atoms with Crippen LogP contribution < -0.4 is 10.1 Å². The van der Waals surface area contributed by atoms with Crippen LogP contribution in [-0.2, 0) is 6.54 Å². The summed E-state index contributed by atoms with van der Waals surface area (Å²) in [4.78, 5) is 10.3. The SMILES string of the molecule is CC(NCc1cccc([N+](=O)[O-])c1)c1cccc(OC(F)F)c1. The highest BCUT2D eigenvalue weighted by atomic mass is 19.3. The molecule has 0 bridgehead atoms. The summed E-state index contributed by atoms with van der Waals surface area (Å²) in [5.74, 6) is 0.0986. The van der Waals surface area contributed by atoms with Crippen molar-refractivity contribution >= 4 is 5.69 Å². The van der Waals surface area contributed by atoms with Crippen LogP contribution in [0.25, 0.3) is 0 Å². The maximum absolute atomic E-state index is 12.2. The fraction of sp³-hybridized carbons (Fsp3) is 0.250. The molecule has 2 aromatic carbocycles. The van der Waals surface area contributed by atoms with Gasteiger partial charge < -0.3 is 10.1 Å². The molecule has 0 aliphatic rings. The van der Waals surface area contributed by atoms with Gasteiger partial charge in [0.2, 0.25) is 0 Å². The molecule has 122 valence electrons. The molecule has 0 saturated carbocycles. The quantitative estimate of drug-likeness (QED) is 0.617. The van der Waals surface area contributed by atoms with Crippen molar-refractivity contribution in [3.05, 3.63) is 69.8 Å². The lowest BCUT2D eigenvalue weighted by Gasteiger charge is -2.15. The van der Waals surface area contributed by atoms with E-state index in [1.54, 1.807) is 24.3 Å². The zero-order valence-electron chi connectivity index (χ0n) is 12.4. The predicted octanol–water partition coefficient (Wildman–Crippen LogP) is 4.05. The number of halogens is 2. The molecule has 0 aromatic heterocycles. The van der Waals surface area contributed by atoms with E-state index in [0.29, 0.717) is 6.54 Å². The van der Waals surface area contributed by atoms with Gasteiger partial charge in [-0.3, -0.25) is 10.1 Å². The van der Waals surface area contributed by atoms with Crippen molar-refractivity contribution in [3.8, 4) is 5.75 Å². The molecule has 0 saturated heterocycles. The minimum Gasteiger partial charge on any atom is -0.435 e. The summed E-state index contributed by atoms with van der Waals surface area (Å²) in [5.41, 5.74) is 1.59. The van der Waals surface area contributed by atoms with Crippen molar-refractivity contribution in [1.82, 2.24) is 5.32 Å². The lowest BCUT2D eigenvalue weighted by Crippen LogP contribution is -2.18. The Morgan fingerprint density at radius 1 is 1.22 bits per heavy atom. The lowest BCUT2D eigenvalue weighted by atomic mass is 10.1. The number of rotatable bonds is 7. The second-order valence-electron chi connectivity index (χ2n) is 4.98. The van der Waals surface area contributed by atoms with Gasteiger partial charge in [-0.25, -0.2) is 0 Å². The molecule has 23 heavy (non-hydrogen) atoms. The number of ether oxygens (including phenoxy) is 1. The molecule has 0 radical (unpaired) electrons. The Labute approximate surface area is 132 Å². The second-order valence-corrected chi connectivity index (χ2v) is 4.98. The Kier molecular flexibility index (Phi) is 5.59. The van der Waals surface area contributed by atoms with E-state index < -0.39 is 11.5 Å². The highest BCUT2D eigenvalue weighted by Gasteiger charge is 2.10. The Bertz CT molecular complexity index is 680. The summed E-state index contributed by atoms with van der Waals surface area (Å²) in [6, 6.07) is 12.6. The number of nitrogens with zero attached hydrogens (tertiary/aromatic N) is 1. The van der Waals surface area contributed by atoms with E-state index in [1.165, 1.54) is 24.3 Å². The van der Waals surface area contributed by atoms with Crippen molar-refractivity contribution in [2.75, 3.05) is 0 Å². The van der Waals surface area contributed by atoms with Crippen LogP contribution >= 0.6 is 0 Å². The van der Waals surface area contributed by atoms with Gasteiger partial charge in [-0.2, -0.15) is 8.78 Å².